The van der Waals surface area contributed by atoms with Crippen LogP contribution < -0.4 is 10.6 Å². The van der Waals surface area contributed by atoms with E-state index in [-0.39, 0.29) is 11.9 Å². The fourth-order valence-corrected chi connectivity index (χ4v) is 2.75. The number of nitrogens with one attached hydrogen (secondary N) is 2. The molecule has 0 aliphatic carbocycles. The third kappa shape index (κ3) is 5.29. The second-order valence-electron chi connectivity index (χ2n) is 7.24. The third-order valence-electron chi connectivity index (χ3n) is 4.20. The predicted molar refractivity (Wildman–Crippen MR) is 97.2 cm³/mol. The van der Waals surface area contributed by atoms with Gasteiger partial charge in [-0.3, -0.25) is 0 Å². The molecule has 1 heterocycles. The summed E-state index contributed by atoms with van der Waals surface area (Å²) in [5.41, 5.74) is 1.24. The van der Waals surface area contributed by atoms with E-state index in [1.807, 2.05) is 52.0 Å². The van der Waals surface area contributed by atoms with Crippen LogP contribution in [0.25, 0.3) is 0 Å². The number of aliphatic hydroxyl groups is 1. The second kappa shape index (κ2) is 8.11. The molecule has 2 rings (SSSR count). The fourth-order valence-electron chi connectivity index (χ4n) is 2.75. The smallest absolute Gasteiger partial charge is 0.319 e. The van der Waals surface area contributed by atoms with Gasteiger partial charge in [-0.25, -0.2) is 14.5 Å². The van der Waals surface area contributed by atoms with Gasteiger partial charge in [0.2, 0.25) is 0 Å². The highest BCUT2D eigenvalue weighted by Gasteiger charge is 2.30. The van der Waals surface area contributed by atoms with E-state index in [1.165, 1.54) is 6.33 Å². The van der Waals surface area contributed by atoms with Crippen LogP contribution in [-0.2, 0) is 6.54 Å². The minimum Gasteiger partial charge on any atom is -0.392 e. The molecular formula is C18H27N5O2. The van der Waals surface area contributed by atoms with Crippen molar-refractivity contribution in [2.75, 3.05) is 11.9 Å². The summed E-state index contributed by atoms with van der Waals surface area (Å²) in [6.07, 6.45) is 2.62. The van der Waals surface area contributed by atoms with Gasteiger partial charge < -0.3 is 15.7 Å². The molecule has 0 spiro atoms. The van der Waals surface area contributed by atoms with Crippen molar-refractivity contribution in [1.29, 1.82) is 0 Å². The lowest BCUT2D eigenvalue weighted by atomic mass is 9.81. The molecular weight excluding hydrogens is 318 g/mol. The molecule has 0 fully saturated rings. The van der Waals surface area contributed by atoms with Gasteiger partial charge in [0.05, 0.1) is 12.6 Å². The zero-order chi connectivity index (χ0) is 18.4. The highest BCUT2D eigenvalue weighted by molar-refractivity contribution is 5.90. The molecule has 25 heavy (non-hydrogen) atoms. The van der Waals surface area contributed by atoms with Crippen molar-refractivity contribution in [3.63, 3.8) is 0 Å². The second-order valence-corrected chi connectivity index (χ2v) is 7.24. The van der Waals surface area contributed by atoms with Gasteiger partial charge in [-0.05, 0) is 17.5 Å². The van der Waals surface area contributed by atoms with Crippen LogP contribution in [0, 0.1) is 11.3 Å². The topological polar surface area (TPSA) is 92.1 Å². The monoisotopic (exact) mass is 345 g/mol. The largest absolute Gasteiger partial charge is 0.392 e. The Morgan fingerprint density at radius 3 is 2.68 bits per heavy atom. The average molecular weight is 345 g/mol. The SMILES string of the molecule is CC(C)C(O)C(C)(C)CNC(=O)Nc1ccccc1Cn1cncn1. The van der Waals surface area contributed by atoms with E-state index in [9.17, 15) is 9.90 Å². The van der Waals surface area contributed by atoms with E-state index in [2.05, 4.69) is 20.7 Å². The maximum Gasteiger partial charge on any atom is 0.319 e. The molecule has 0 aliphatic heterocycles. The summed E-state index contributed by atoms with van der Waals surface area (Å²) in [6.45, 7) is 8.71. The van der Waals surface area contributed by atoms with Gasteiger partial charge in [-0.15, -0.1) is 0 Å². The molecule has 7 heteroatoms. The third-order valence-corrected chi connectivity index (χ3v) is 4.20. The Morgan fingerprint density at radius 1 is 1.32 bits per heavy atom. The summed E-state index contributed by atoms with van der Waals surface area (Å²) in [5.74, 6) is 0.128. The Balaban J connectivity index is 1.97. The van der Waals surface area contributed by atoms with E-state index in [4.69, 9.17) is 0 Å². The van der Waals surface area contributed by atoms with Crippen LogP contribution >= 0.6 is 0 Å². The molecule has 136 valence electrons. The fraction of sp³-hybridized carbons (Fsp3) is 0.500. The number of hydrogen-bond acceptors (Lipinski definition) is 4. The van der Waals surface area contributed by atoms with Crippen LogP contribution in [0.4, 0.5) is 10.5 Å². The number of rotatable bonds is 7. The Kier molecular flexibility index (Phi) is 6.14. The van der Waals surface area contributed by atoms with Gasteiger partial charge in [-0.1, -0.05) is 45.9 Å². The van der Waals surface area contributed by atoms with E-state index in [1.54, 1.807) is 11.0 Å². The summed E-state index contributed by atoms with van der Waals surface area (Å²) in [7, 11) is 0. The van der Waals surface area contributed by atoms with E-state index < -0.39 is 11.5 Å². The molecule has 1 atom stereocenters. The lowest BCUT2D eigenvalue weighted by Gasteiger charge is -2.33. The molecule has 7 nitrogen and oxygen atoms in total. The summed E-state index contributed by atoms with van der Waals surface area (Å²) in [5, 5.41) is 20.1. The van der Waals surface area contributed by atoms with Gasteiger partial charge >= 0.3 is 6.03 Å². The molecule has 1 aromatic carbocycles. The quantitative estimate of drug-likeness (QED) is 0.719. The number of aliphatic hydroxyl groups excluding tert-OH is 1. The van der Waals surface area contributed by atoms with Crippen molar-refractivity contribution < 1.29 is 9.90 Å². The normalized spacial score (nSPS) is 12.9. The molecule has 3 N–H and O–H groups in total. The highest BCUT2D eigenvalue weighted by atomic mass is 16.3. The first kappa shape index (κ1) is 18.9. The van der Waals surface area contributed by atoms with Gasteiger partial charge in [0.25, 0.3) is 0 Å². The van der Waals surface area contributed by atoms with Gasteiger partial charge in [-0.2, -0.15) is 5.10 Å². The first-order chi connectivity index (χ1) is 11.8. The Labute approximate surface area is 148 Å². The zero-order valence-electron chi connectivity index (χ0n) is 15.2. The molecule has 0 saturated heterocycles. The van der Waals surface area contributed by atoms with E-state index >= 15 is 0 Å². The molecule has 0 aliphatic rings. The molecule has 2 aromatic rings. The average Bonchev–Trinajstić information content (AvgIpc) is 3.07. The number of nitrogens with zero attached hydrogens (tertiary/aromatic N) is 3. The van der Waals surface area contributed by atoms with Crippen molar-refractivity contribution in [3.05, 3.63) is 42.5 Å². The number of urea groups is 1. The minimum absolute atomic E-state index is 0.128. The van der Waals surface area contributed by atoms with Crippen LogP contribution in [0.3, 0.4) is 0 Å². The number of aromatic nitrogens is 3. The molecule has 1 aromatic heterocycles. The first-order valence-corrected chi connectivity index (χ1v) is 8.43. The number of anilines is 1. The lowest BCUT2D eigenvalue weighted by molar-refractivity contribution is 0.0154. The number of amides is 2. The maximum atomic E-state index is 12.3. The molecule has 1 unspecified atom stereocenters. The Morgan fingerprint density at radius 2 is 2.04 bits per heavy atom. The first-order valence-electron chi connectivity index (χ1n) is 8.43. The summed E-state index contributed by atoms with van der Waals surface area (Å²) >= 11 is 0. The molecule has 2 amide bonds. The highest BCUT2D eigenvalue weighted by Crippen LogP contribution is 2.25. The summed E-state index contributed by atoms with van der Waals surface area (Å²) in [6, 6.07) is 7.27. The maximum absolute atomic E-state index is 12.3. The molecule has 0 bridgehead atoms. The Hall–Kier alpha value is -2.41. The van der Waals surface area contributed by atoms with Crippen molar-refractivity contribution in [3.8, 4) is 0 Å². The van der Waals surface area contributed by atoms with Gasteiger partial charge in [0, 0.05) is 17.6 Å². The number of carbonyl (C=O) groups excluding carboxylic acids is 1. The number of hydrogen-bond donors (Lipinski definition) is 3. The van der Waals surface area contributed by atoms with Crippen LogP contribution in [0.1, 0.15) is 33.3 Å². The summed E-state index contributed by atoms with van der Waals surface area (Å²) in [4.78, 5) is 16.2. The van der Waals surface area contributed by atoms with Crippen LogP contribution in [-0.4, -0.2) is 38.6 Å². The predicted octanol–water partition coefficient (Wildman–Crippen LogP) is 2.49. The van der Waals surface area contributed by atoms with Crippen molar-refractivity contribution in [2.45, 2.75) is 40.3 Å². The Bertz CT molecular complexity index is 683. The van der Waals surface area contributed by atoms with Gasteiger partial charge in [0.1, 0.15) is 12.7 Å². The number of carbonyl (C=O) groups is 1. The molecule has 0 saturated carbocycles. The number of para-hydroxylation sites is 1. The summed E-state index contributed by atoms with van der Waals surface area (Å²) < 4.78 is 1.69. The number of benzene rings is 1. The zero-order valence-corrected chi connectivity index (χ0v) is 15.2. The van der Waals surface area contributed by atoms with E-state index in [0.717, 1.165) is 11.3 Å². The van der Waals surface area contributed by atoms with Crippen LogP contribution in [0.2, 0.25) is 0 Å². The van der Waals surface area contributed by atoms with Crippen molar-refractivity contribution >= 4 is 11.7 Å². The molecule has 0 radical (unpaired) electrons. The van der Waals surface area contributed by atoms with Gasteiger partial charge in [0.15, 0.2) is 0 Å². The van der Waals surface area contributed by atoms with E-state index in [0.29, 0.717) is 13.1 Å². The standard InChI is InChI=1S/C18H27N5O2/c1-13(2)16(24)18(3,4)10-20-17(25)22-15-8-6-5-7-14(15)9-23-12-19-11-21-23/h5-8,11-13,16,24H,9-10H2,1-4H3,(H2,20,22,25). The van der Waals surface area contributed by atoms with Crippen molar-refractivity contribution in [2.24, 2.45) is 11.3 Å². The lowest BCUT2D eigenvalue weighted by Crippen LogP contribution is -2.44. The van der Waals surface area contributed by atoms with Crippen LogP contribution in [0.15, 0.2) is 36.9 Å². The minimum atomic E-state index is -0.493. The van der Waals surface area contributed by atoms with Crippen molar-refractivity contribution in [1.82, 2.24) is 20.1 Å². The van der Waals surface area contributed by atoms with Crippen LogP contribution in [0.5, 0.6) is 0 Å².